The highest BCUT2D eigenvalue weighted by Crippen LogP contribution is 2.25. The highest BCUT2D eigenvalue weighted by atomic mass is 16.5. The molecule has 0 saturated heterocycles. The summed E-state index contributed by atoms with van der Waals surface area (Å²) in [5.41, 5.74) is 1.50. The molecule has 5 nitrogen and oxygen atoms in total. The Labute approximate surface area is 165 Å². The van der Waals surface area contributed by atoms with Crippen LogP contribution < -0.4 is 20.1 Å². The number of para-hydroxylation sites is 3. The highest BCUT2D eigenvalue weighted by molar-refractivity contribution is 5.95. The van der Waals surface area contributed by atoms with Crippen molar-refractivity contribution >= 4 is 17.3 Å². The fourth-order valence-electron chi connectivity index (χ4n) is 2.57. The maximum Gasteiger partial charge on any atom is 0.243 e. The number of ether oxygens (including phenoxy) is 2. The van der Waals surface area contributed by atoms with E-state index < -0.39 is 0 Å². The Hall–Kier alpha value is -3.47. The van der Waals surface area contributed by atoms with Crippen LogP contribution in [0.2, 0.25) is 0 Å². The lowest BCUT2D eigenvalue weighted by Gasteiger charge is -2.15. The van der Waals surface area contributed by atoms with Crippen molar-refractivity contribution in [1.82, 2.24) is 0 Å². The first-order valence-corrected chi connectivity index (χ1v) is 9.22. The molecular formula is C23H24N2O3. The molecule has 3 rings (SSSR count). The van der Waals surface area contributed by atoms with Crippen molar-refractivity contribution in [2.24, 2.45) is 0 Å². The maximum atomic E-state index is 12.3. The summed E-state index contributed by atoms with van der Waals surface area (Å²) in [4.78, 5) is 12.3. The van der Waals surface area contributed by atoms with Gasteiger partial charge in [-0.15, -0.1) is 0 Å². The van der Waals surface area contributed by atoms with Crippen molar-refractivity contribution in [2.45, 2.75) is 20.0 Å². The summed E-state index contributed by atoms with van der Waals surface area (Å²) >= 11 is 0. The molecule has 0 radical (unpaired) electrons. The first-order chi connectivity index (χ1) is 13.6. The second-order valence-electron chi connectivity index (χ2n) is 6.50. The zero-order chi connectivity index (χ0) is 19.8. The van der Waals surface area contributed by atoms with Gasteiger partial charge in [-0.25, -0.2) is 0 Å². The predicted octanol–water partition coefficient (Wildman–Crippen LogP) is 5.32. The van der Waals surface area contributed by atoms with E-state index in [4.69, 9.17) is 9.47 Å². The third kappa shape index (κ3) is 5.77. The van der Waals surface area contributed by atoms with E-state index in [0.29, 0.717) is 11.4 Å². The van der Waals surface area contributed by atoms with Crippen LogP contribution in [-0.2, 0) is 4.79 Å². The molecule has 0 bridgehead atoms. The van der Waals surface area contributed by atoms with Gasteiger partial charge in [0.25, 0.3) is 0 Å². The van der Waals surface area contributed by atoms with Gasteiger partial charge in [0.05, 0.1) is 18.3 Å². The van der Waals surface area contributed by atoms with E-state index in [1.165, 1.54) is 0 Å². The monoisotopic (exact) mass is 376 g/mol. The molecule has 3 aromatic carbocycles. The molecule has 0 heterocycles. The Morgan fingerprint density at radius 2 is 1.50 bits per heavy atom. The molecule has 0 spiro atoms. The second kappa shape index (κ2) is 9.46. The average Bonchev–Trinajstić information content (AvgIpc) is 2.69. The van der Waals surface area contributed by atoms with Crippen LogP contribution in [-0.4, -0.2) is 18.6 Å². The third-order valence-corrected chi connectivity index (χ3v) is 3.81. The molecule has 28 heavy (non-hydrogen) atoms. The molecule has 0 fully saturated rings. The van der Waals surface area contributed by atoms with Crippen molar-refractivity contribution in [3.8, 4) is 17.2 Å². The number of hydrogen-bond donors (Lipinski definition) is 2. The second-order valence-corrected chi connectivity index (χ2v) is 6.50. The Morgan fingerprint density at radius 3 is 2.21 bits per heavy atom. The van der Waals surface area contributed by atoms with Crippen LogP contribution in [0, 0.1) is 0 Å². The molecule has 0 unspecified atom stereocenters. The SMILES string of the molecule is CC(C)Oc1ccccc1NC(=O)CNc1ccc(Oc2ccccc2)cc1. The van der Waals surface area contributed by atoms with Gasteiger partial charge in [0.15, 0.2) is 0 Å². The van der Waals surface area contributed by atoms with E-state index in [1.807, 2.05) is 92.7 Å². The molecule has 144 valence electrons. The van der Waals surface area contributed by atoms with Crippen LogP contribution in [0.1, 0.15) is 13.8 Å². The minimum atomic E-state index is -0.149. The number of hydrogen-bond acceptors (Lipinski definition) is 4. The fraction of sp³-hybridized carbons (Fsp3) is 0.174. The Kier molecular flexibility index (Phi) is 6.52. The van der Waals surface area contributed by atoms with Gasteiger partial charge in [-0.1, -0.05) is 30.3 Å². The molecule has 0 aliphatic heterocycles. The minimum Gasteiger partial charge on any atom is -0.489 e. The van der Waals surface area contributed by atoms with Crippen molar-refractivity contribution < 1.29 is 14.3 Å². The highest BCUT2D eigenvalue weighted by Gasteiger charge is 2.09. The maximum absolute atomic E-state index is 12.3. The van der Waals surface area contributed by atoms with Crippen LogP contribution in [0.3, 0.4) is 0 Å². The first-order valence-electron chi connectivity index (χ1n) is 9.22. The number of rotatable bonds is 8. The lowest BCUT2D eigenvalue weighted by molar-refractivity contribution is -0.114. The van der Waals surface area contributed by atoms with Gasteiger partial charge in [-0.2, -0.15) is 0 Å². The molecule has 1 amide bonds. The third-order valence-electron chi connectivity index (χ3n) is 3.81. The first kappa shape index (κ1) is 19.3. The van der Waals surface area contributed by atoms with E-state index in [-0.39, 0.29) is 18.6 Å². The molecule has 0 aliphatic rings. The summed E-state index contributed by atoms with van der Waals surface area (Å²) in [6.07, 6.45) is 0.0350. The molecule has 2 N–H and O–H groups in total. The average molecular weight is 376 g/mol. The number of amides is 1. The summed E-state index contributed by atoms with van der Waals surface area (Å²) in [5, 5.41) is 5.99. The van der Waals surface area contributed by atoms with Crippen LogP contribution in [0.5, 0.6) is 17.2 Å². The smallest absolute Gasteiger partial charge is 0.243 e. The topological polar surface area (TPSA) is 59.6 Å². The fourth-order valence-corrected chi connectivity index (χ4v) is 2.57. The number of nitrogens with one attached hydrogen (secondary N) is 2. The van der Waals surface area contributed by atoms with Gasteiger partial charge in [0.2, 0.25) is 5.91 Å². The number of carbonyl (C=O) groups is 1. The molecule has 0 saturated carbocycles. The Balaban J connectivity index is 1.52. The normalized spacial score (nSPS) is 10.4. The van der Waals surface area contributed by atoms with Gasteiger partial charge >= 0.3 is 0 Å². The summed E-state index contributed by atoms with van der Waals surface area (Å²) in [7, 11) is 0. The van der Waals surface area contributed by atoms with Crippen LogP contribution >= 0.6 is 0 Å². The van der Waals surface area contributed by atoms with E-state index in [0.717, 1.165) is 17.2 Å². The van der Waals surface area contributed by atoms with Crippen LogP contribution in [0.15, 0.2) is 78.9 Å². The van der Waals surface area contributed by atoms with E-state index in [2.05, 4.69) is 10.6 Å². The van der Waals surface area contributed by atoms with E-state index in [9.17, 15) is 4.79 Å². The zero-order valence-corrected chi connectivity index (χ0v) is 16.0. The van der Waals surface area contributed by atoms with Crippen LogP contribution in [0.25, 0.3) is 0 Å². The predicted molar refractivity (Wildman–Crippen MR) is 112 cm³/mol. The van der Waals surface area contributed by atoms with E-state index >= 15 is 0 Å². The summed E-state index contributed by atoms with van der Waals surface area (Å²) in [5.74, 6) is 2.03. The van der Waals surface area contributed by atoms with Crippen LogP contribution in [0.4, 0.5) is 11.4 Å². The van der Waals surface area contributed by atoms with Gasteiger partial charge < -0.3 is 20.1 Å². The van der Waals surface area contributed by atoms with Gasteiger partial charge in [0.1, 0.15) is 17.2 Å². The van der Waals surface area contributed by atoms with Gasteiger partial charge in [-0.05, 0) is 62.4 Å². The standard InChI is InChI=1S/C23H24N2O3/c1-17(2)27-22-11-7-6-10-21(22)25-23(26)16-24-18-12-14-20(15-13-18)28-19-8-4-3-5-9-19/h3-15,17,24H,16H2,1-2H3,(H,25,26). The van der Waals surface area contributed by atoms with Gasteiger partial charge in [0, 0.05) is 5.69 Å². The molecule has 3 aromatic rings. The minimum absolute atomic E-state index is 0.0350. The molecule has 5 heteroatoms. The molecule has 0 aromatic heterocycles. The van der Waals surface area contributed by atoms with E-state index in [1.54, 1.807) is 0 Å². The largest absolute Gasteiger partial charge is 0.489 e. The lowest BCUT2D eigenvalue weighted by atomic mass is 10.2. The zero-order valence-electron chi connectivity index (χ0n) is 16.0. The number of anilines is 2. The molecule has 0 aliphatic carbocycles. The Morgan fingerprint density at radius 1 is 0.857 bits per heavy atom. The van der Waals surface area contributed by atoms with Crippen molar-refractivity contribution in [3.63, 3.8) is 0 Å². The van der Waals surface area contributed by atoms with Crippen molar-refractivity contribution in [2.75, 3.05) is 17.2 Å². The lowest BCUT2D eigenvalue weighted by Crippen LogP contribution is -2.22. The number of carbonyl (C=O) groups excluding carboxylic acids is 1. The van der Waals surface area contributed by atoms with Crippen molar-refractivity contribution in [1.29, 1.82) is 0 Å². The summed E-state index contributed by atoms with van der Waals surface area (Å²) in [6.45, 7) is 4.05. The summed E-state index contributed by atoms with van der Waals surface area (Å²) < 4.78 is 11.5. The van der Waals surface area contributed by atoms with Gasteiger partial charge in [-0.3, -0.25) is 4.79 Å². The molecular weight excluding hydrogens is 352 g/mol. The Bertz CT molecular complexity index is 893. The van der Waals surface area contributed by atoms with Crippen molar-refractivity contribution in [3.05, 3.63) is 78.9 Å². The molecule has 0 atom stereocenters. The number of benzene rings is 3. The summed E-state index contributed by atoms with van der Waals surface area (Å²) in [6, 6.07) is 24.5. The quantitative estimate of drug-likeness (QED) is 0.559.